The second-order valence-electron chi connectivity index (χ2n) is 10.8. The largest absolute Gasteiger partial charge is 0.496 e. The first-order chi connectivity index (χ1) is 22.4. The van der Waals surface area contributed by atoms with Crippen LogP contribution in [0, 0.1) is 35.5 Å². The fourth-order valence-corrected chi connectivity index (χ4v) is 5.69. The highest BCUT2D eigenvalue weighted by atomic mass is 16.6. The topological polar surface area (TPSA) is 126 Å². The van der Waals surface area contributed by atoms with E-state index in [9.17, 15) is 9.59 Å². The first kappa shape index (κ1) is 37.1. The van der Waals surface area contributed by atoms with Gasteiger partial charge in [-0.3, -0.25) is 9.59 Å². The molecule has 46 heavy (non-hydrogen) atoms. The van der Waals surface area contributed by atoms with E-state index in [4.69, 9.17) is 60.2 Å². The molecule has 0 unspecified atom stereocenters. The van der Waals surface area contributed by atoms with Crippen molar-refractivity contribution in [2.24, 2.45) is 10.8 Å². The van der Waals surface area contributed by atoms with Gasteiger partial charge in [-0.05, 0) is 0 Å². The summed E-state index contributed by atoms with van der Waals surface area (Å²) in [6, 6.07) is 0. The summed E-state index contributed by atoms with van der Waals surface area (Å²) in [6.07, 6.45) is 12.7. The van der Waals surface area contributed by atoms with Crippen molar-refractivity contribution in [1.29, 1.82) is 0 Å². The SMILES string of the molecule is C#CC1(C(=O)OCCOCCOCCOC)Cc2c(c(OC)c3c(c2OC)CC(C#C)(C(=O)OCCOCCOCCOC)C3)C1. The molecule has 0 aliphatic heterocycles. The highest BCUT2D eigenvalue weighted by Crippen LogP contribution is 2.54. The molecular formula is C34H46O12. The quantitative estimate of drug-likeness (QED) is 0.103. The molecule has 0 aromatic heterocycles. The van der Waals surface area contributed by atoms with E-state index in [2.05, 4.69) is 11.8 Å². The molecule has 0 heterocycles. The molecule has 0 radical (unpaired) electrons. The molecule has 2 aliphatic carbocycles. The molecule has 0 saturated carbocycles. The van der Waals surface area contributed by atoms with Crippen molar-refractivity contribution in [3.8, 4) is 36.2 Å². The molecule has 0 amide bonds. The van der Waals surface area contributed by atoms with Crippen LogP contribution in [-0.4, -0.2) is 120 Å². The number of ether oxygens (including phenoxy) is 10. The van der Waals surface area contributed by atoms with Crippen LogP contribution in [0.4, 0.5) is 0 Å². The summed E-state index contributed by atoms with van der Waals surface area (Å²) in [5, 5.41) is 0. The minimum absolute atomic E-state index is 0.0431. The van der Waals surface area contributed by atoms with E-state index < -0.39 is 22.8 Å². The van der Waals surface area contributed by atoms with Crippen LogP contribution >= 0.6 is 0 Å². The molecule has 2 aliphatic rings. The summed E-state index contributed by atoms with van der Waals surface area (Å²) in [4.78, 5) is 26.7. The van der Waals surface area contributed by atoms with Crippen LogP contribution in [0.3, 0.4) is 0 Å². The third-order valence-corrected chi connectivity index (χ3v) is 8.01. The van der Waals surface area contributed by atoms with Gasteiger partial charge in [-0.25, -0.2) is 0 Å². The molecular weight excluding hydrogens is 600 g/mol. The van der Waals surface area contributed by atoms with Crippen molar-refractivity contribution < 1.29 is 57.0 Å². The summed E-state index contributed by atoms with van der Waals surface area (Å²) in [7, 11) is 6.29. The summed E-state index contributed by atoms with van der Waals surface area (Å²) in [5.41, 5.74) is 0.440. The number of hydrogen-bond donors (Lipinski definition) is 0. The fraction of sp³-hybridized carbons (Fsp3) is 0.647. The molecule has 0 fully saturated rings. The molecule has 12 nitrogen and oxygen atoms in total. The average Bonchev–Trinajstić information content (AvgIpc) is 3.66. The number of terminal acetylenes is 2. The predicted octanol–water partition coefficient (Wildman–Crippen LogP) is 1.59. The number of benzene rings is 1. The van der Waals surface area contributed by atoms with Gasteiger partial charge in [0.2, 0.25) is 0 Å². The maximum absolute atomic E-state index is 13.3. The summed E-state index contributed by atoms with van der Waals surface area (Å²) < 4.78 is 54.4. The maximum atomic E-state index is 13.3. The highest BCUT2D eigenvalue weighted by Gasteiger charge is 2.52. The maximum Gasteiger partial charge on any atom is 0.325 e. The van der Waals surface area contributed by atoms with Crippen LogP contribution in [0.25, 0.3) is 0 Å². The monoisotopic (exact) mass is 646 g/mol. The Balaban J connectivity index is 1.64. The van der Waals surface area contributed by atoms with Gasteiger partial charge in [-0.2, -0.15) is 0 Å². The molecule has 0 bridgehead atoms. The minimum Gasteiger partial charge on any atom is -0.496 e. The lowest BCUT2D eigenvalue weighted by atomic mass is 9.84. The summed E-state index contributed by atoms with van der Waals surface area (Å²) >= 11 is 0. The van der Waals surface area contributed by atoms with Gasteiger partial charge in [0.25, 0.3) is 0 Å². The molecule has 1 aromatic rings. The van der Waals surface area contributed by atoms with E-state index in [1.165, 1.54) is 14.2 Å². The Kier molecular flexibility index (Phi) is 15.1. The van der Waals surface area contributed by atoms with Gasteiger partial charge in [0.15, 0.2) is 0 Å². The van der Waals surface area contributed by atoms with Crippen LogP contribution in [0.5, 0.6) is 11.5 Å². The third kappa shape index (κ3) is 8.91. The van der Waals surface area contributed by atoms with Crippen molar-refractivity contribution in [3.05, 3.63) is 22.3 Å². The molecule has 1 aromatic carbocycles. The van der Waals surface area contributed by atoms with Crippen LogP contribution in [-0.2, 0) is 73.2 Å². The van der Waals surface area contributed by atoms with Gasteiger partial charge in [-0.1, -0.05) is 11.8 Å². The Hall–Kier alpha value is -3.36. The zero-order valence-corrected chi connectivity index (χ0v) is 27.4. The zero-order chi connectivity index (χ0) is 33.4. The van der Waals surface area contributed by atoms with E-state index in [-0.39, 0.29) is 52.1 Å². The highest BCUT2D eigenvalue weighted by molar-refractivity contribution is 5.86. The predicted molar refractivity (Wildman–Crippen MR) is 166 cm³/mol. The van der Waals surface area contributed by atoms with Gasteiger partial charge >= 0.3 is 11.9 Å². The molecule has 0 N–H and O–H groups in total. The lowest BCUT2D eigenvalue weighted by Gasteiger charge is -2.21. The van der Waals surface area contributed by atoms with Gasteiger partial charge in [0.05, 0.1) is 80.3 Å². The first-order valence-electron chi connectivity index (χ1n) is 15.2. The number of hydrogen-bond acceptors (Lipinski definition) is 12. The van der Waals surface area contributed by atoms with Gasteiger partial charge < -0.3 is 47.4 Å². The lowest BCUT2D eigenvalue weighted by molar-refractivity contribution is -0.154. The number of methoxy groups -OCH3 is 4. The smallest absolute Gasteiger partial charge is 0.325 e. The van der Waals surface area contributed by atoms with Crippen molar-refractivity contribution in [3.63, 3.8) is 0 Å². The Morgan fingerprint density at radius 1 is 0.522 bits per heavy atom. The molecule has 3 rings (SSSR count). The van der Waals surface area contributed by atoms with Crippen molar-refractivity contribution in [2.45, 2.75) is 25.7 Å². The Bertz CT molecular complexity index is 1110. The first-order valence-corrected chi connectivity index (χ1v) is 15.2. The lowest BCUT2D eigenvalue weighted by Crippen LogP contribution is -2.33. The third-order valence-electron chi connectivity index (χ3n) is 8.01. The Labute approximate surface area is 271 Å². The average molecular weight is 647 g/mol. The normalized spacial score (nSPS) is 15.3. The van der Waals surface area contributed by atoms with Gasteiger partial charge in [0.1, 0.15) is 35.5 Å². The molecule has 0 saturated heterocycles. The Morgan fingerprint density at radius 2 is 0.804 bits per heavy atom. The zero-order valence-electron chi connectivity index (χ0n) is 27.4. The van der Waals surface area contributed by atoms with Gasteiger partial charge in [0, 0.05) is 62.2 Å². The number of esters is 2. The number of carbonyl (C=O) groups is 2. The van der Waals surface area contributed by atoms with E-state index in [1.54, 1.807) is 14.2 Å². The molecule has 254 valence electrons. The Morgan fingerprint density at radius 3 is 1.07 bits per heavy atom. The molecule has 0 spiro atoms. The van der Waals surface area contributed by atoms with E-state index in [0.29, 0.717) is 64.4 Å². The second-order valence-corrected chi connectivity index (χ2v) is 10.8. The number of fused-ring (bicyclic) bond motifs is 2. The van der Waals surface area contributed by atoms with E-state index >= 15 is 0 Å². The van der Waals surface area contributed by atoms with Crippen LogP contribution in [0.15, 0.2) is 0 Å². The summed E-state index contributed by atoms with van der Waals surface area (Å²) in [5.74, 6) is 5.40. The molecule has 12 heteroatoms. The fourth-order valence-electron chi connectivity index (χ4n) is 5.69. The van der Waals surface area contributed by atoms with E-state index in [0.717, 1.165) is 22.3 Å². The number of carbonyl (C=O) groups excluding carboxylic acids is 2. The molecule has 0 atom stereocenters. The summed E-state index contributed by atoms with van der Waals surface area (Å²) in [6.45, 7) is 4.00. The van der Waals surface area contributed by atoms with Crippen LogP contribution < -0.4 is 9.47 Å². The number of rotatable bonds is 22. The van der Waals surface area contributed by atoms with Crippen molar-refractivity contribution >= 4 is 11.9 Å². The second kappa shape index (κ2) is 18.7. The van der Waals surface area contributed by atoms with E-state index in [1.807, 2.05) is 0 Å². The van der Waals surface area contributed by atoms with Crippen molar-refractivity contribution in [1.82, 2.24) is 0 Å². The standard InChI is InChI=1S/C34H46O12/c1-7-33(31(35)45-19-17-43-15-13-41-11-9-37-3)21-25-26(22-33)30(40-6)28-24-34(8-2,23-27(28)29(25)39-5)32(36)46-20-18-44-16-14-42-12-10-38-4/h1-2H,9-24H2,3-6H3. The van der Waals surface area contributed by atoms with Crippen LogP contribution in [0.2, 0.25) is 0 Å². The van der Waals surface area contributed by atoms with Gasteiger partial charge in [-0.15, -0.1) is 12.8 Å². The minimum atomic E-state index is -1.25. The van der Waals surface area contributed by atoms with Crippen molar-refractivity contribution in [2.75, 3.05) is 108 Å². The van der Waals surface area contributed by atoms with Crippen LogP contribution in [0.1, 0.15) is 22.3 Å².